The van der Waals surface area contributed by atoms with E-state index in [0.717, 1.165) is 23.1 Å². The van der Waals surface area contributed by atoms with Crippen LogP contribution in [0.1, 0.15) is 19.8 Å². The zero-order valence-corrected chi connectivity index (χ0v) is 10.9. The predicted octanol–water partition coefficient (Wildman–Crippen LogP) is 2.98. The number of hydrogen-bond donors (Lipinski definition) is 1. The molecule has 16 heavy (non-hydrogen) atoms. The number of halogens is 1. The number of rotatable bonds is 3. The minimum atomic E-state index is 0.211. The summed E-state index contributed by atoms with van der Waals surface area (Å²) in [6.07, 6.45) is 2.76. The standard InChI is InChI=1S/C12H16BrNO2/c1-8-5-6-9(16-8)7-15-11-4-2-3-10(14)12(11)13/h2-4,8-9H,5-7,14H2,1H3. The molecule has 0 aliphatic carbocycles. The van der Waals surface area contributed by atoms with Crippen LogP contribution < -0.4 is 10.5 Å². The Hall–Kier alpha value is -0.740. The van der Waals surface area contributed by atoms with Crippen molar-refractivity contribution in [3.63, 3.8) is 0 Å². The van der Waals surface area contributed by atoms with Gasteiger partial charge in [-0.3, -0.25) is 0 Å². The fourth-order valence-electron chi connectivity index (χ4n) is 1.83. The molecule has 88 valence electrons. The van der Waals surface area contributed by atoms with E-state index in [1.165, 1.54) is 0 Å². The van der Waals surface area contributed by atoms with Crippen molar-refractivity contribution in [3.8, 4) is 5.75 Å². The van der Waals surface area contributed by atoms with Gasteiger partial charge in [-0.05, 0) is 47.8 Å². The largest absolute Gasteiger partial charge is 0.490 e. The van der Waals surface area contributed by atoms with Crippen molar-refractivity contribution in [1.29, 1.82) is 0 Å². The van der Waals surface area contributed by atoms with Crippen molar-refractivity contribution in [2.45, 2.75) is 32.0 Å². The van der Waals surface area contributed by atoms with Crippen molar-refractivity contribution in [2.24, 2.45) is 0 Å². The second-order valence-corrected chi connectivity index (χ2v) is 4.91. The van der Waals surface area contributed by atoms with Crippen LogP contribution >= 0.6 is 15.9 Å². The second kappa shape index (κ2) is 5.06. The number of nitrogen functional groups attached to an aromatic ring is 1. The maximum absolute atomic E-state index is 5.77. The predicted molar refractivity (Wildman–Crippen MR) is 67.6 cm³/mol. The lowest BCUT2D eigenvalue weighted by Crippen LogP contribution is -2.18. The van der Waals surface area contributed by atoms with E-state index in [2.05, 4.69) is 22.9 Å². The topological polar surface area (TPSA) is 44.5 Å². The van der Waals surface area contributed by atoms with Gasteiger partial charge in [-0.15, -0.1) is 0 Å². The summed E-state index contributed by atoms with van der Waals surface area (Å²) in [5.41, 5.74) is 6.46. The van der Waals surface area contributed by atoms with E-state index < -0.39 is 0 Å². The van der Waals surface area contributed by atoms with Crippen LogP contribution in [0, 0.1) is 0 Å². The van der Waals surface area contributed by atoms with Gasteiger partial charge in [-0.2, -0.15) is 0 Å². The summed E-state index contributed by atoms with van der Waals surface area (Å²) >= 11 is 3.41. The molecule has 0 saturated carbocycles. The van der Waals surface area contributed by atoms with Crippen LogP contribution in [-0.2, 0) is 4.74 Å². The highest BCUT2D eigenvalue weighted by Gasteiger charge is 2.22. The van der Waals surface area contributed by atoms with E-state index >= 15 is 0 Å². The van der Waals surface area contributed by atoms with Gasteiger partial charge in [0.1, 0.15) is 12.4 Å². The van der Waals surface area contributed by atoms with Gasteiger partial charge in [-0.25, -0.2) is 0 Å². The first kappa shape index (κ1) is 11.7. The molecule has 0 bridgehead atoms. The molecular weight excluding hydrogens is 270 g/mol. The monoisotopic (exact) mass is 285 g/mol. The van der Waals surface area contributed by atoms with Crippen LogP contribution in [0.15, 0.2) is 22.7 Å². The van der Waals surface area contributed by atoms with Gasteiger partial charge < -0.3 is 15.2 Å². The molecule has 1 aliphatic heterocycles. The lowest BCUT2D eigenvalue weighted by atomic mass is 10.2. The van der Waals surface area contributed by atoms with E-state index in [-0.39, 0.29) is 6.10 Å². The van der Waals surface area contributed by atoms with Crippen LogP contribution in [0.5, 0.6) is 5.75 Å². The molecule has 0 aromatic heterocycles. The van der Waals surface area contributed by atoms with E-state index in [9.17, 15) is 0 Å². The second-order valence-electron chi connectivity index (χ2n) is 4.12. The third kappa shape index (κ3) is 2.68. The minimum absolute atomic E-state index is 0.211. The highest BCUT2D eigenvalue weighted by molar-refractivity contribution is 9.10. The van der Waals surface area contributed by atoms with Gasteiger partial charge in [-0.1, -0.05) is 6.07 Å². The number of anilines is 1. The van der Waals surface area contributed by atoms with Crippen molar-refractivity contribution in [2.75, 3.05) is 12.3 Å². The summed E-state index contributed by atoms with van der Waals surface area (Å²) in [7, 11) is 0. The molecule has 0 radical (unpaired) electrons. The van der Waals surface area contributed by atoms with Gasteiger partial charge in [0.2, 0.25) is 0 Å². The van der Waals surface area contributed by atoms with E-state index in [1.54, 1.807) is 0 Å². The maximum Gasteiger partial charge on any atom is 0.135 e. The van der Waals surface area contributed by atoms with Crippen LogP contribution in [0.2, 0.25) is 0 Å². The number of nitrogens with two attached hydrogens (primary N) is 1. The van der Waals surface area contributed by atoms with Gasteiger partial charge in [0, 0.05) is 5.69 Å². The zero-order chi connectivity index (χ0) is 11.5. The Morgan fingerprint density at radius 3 is 3.00 bits per heavy atom. The van der Waals surface area contributed by atoms with Gasteiger partial charge in [0.05, 0.1) is 16.7 Å². The maximum atomic E-state index is 5.77. The SMILES string of the molecule is CC1CCC(COc2cccc(N)c2Br)O1. The average Bonchev–Trinajstić information content (AvgIpc) is 2.67. The molecule has 2 rings (SSSR count). The normalized spacial score (nSPS) is 24.6. The quantitative estimate of drug-likeness (QED) is 0.869. The highest BCUT2D eigenvalue weighted by atomic mass is 79.9. The van der Waals surface area contributed by atoms with E-state index in [0.29, 0.717) is 18.4 Å². The molecule has 1 aliphatic rings. The Labute approximate surface area is 104 Å². The first-order chi connectivity index (χ1) is 7.66. The molecule has 2 unspecified atom stereocenters. The Morgan fingerprint density at radius 1 is 1.50 bits per heavy atom. The van der Waals surface area contributed by atoms with Crippen molar-refractivity contribution < 1.29 is 9.47 Å². The molecule has 1 saturated heterocycles. The lowest BCUT2D eigenvalue weighted by Gasteiger charge is -2.14. The highest BCUT2D eigenvalue weighted by Crippen LogP contribution is 2.31. The number of ether oxygens (including phenoxy) is 2. The van der Waals surface area contributed by atoms with Crippen LogP contribution in [0.4, 0.5) is 5.69 Å². The molecule has 0 amide bonds. The van der Waals surface area contributed by atoms with Crippen molar-refractivity contribution >= 4 is 21.6 Å². The fraction of sp³-hybridized carbons (Fsp3) is 0.500. The first-order valence-corrected chi connectivity index (χ1v) is 6.28. The Morgan fingerprint density at radius 2 is 2.31 bits per heavy atom. The Bertz CT molecular complexity index is 370. The Balaban J connectivity index is 1.92. The summed E-state index contributed by atoms with van der Waals surface area (Å²) in [6, 6.07) is 5.62. The van der Waals surface area contributed by atoms with Crippen molar-refractivity contribution in [3.05, 3.63) is 22.7 Å². The molecule has 3 nitrogen and oxygen atoms in total. The molecule has 2 atom stereocenters. The molecule has 4 heteroatoms. The molecule has 2 N–H and O–H groups in total. The van der Waals surface area contributed by atoms with Crippen LogP contribution in [-0.4, -0.2) is 18.8 Å². The fourth-order valence-corrected chi connectivity index (χ4v) is 2.21. The third-order valence-electron chi connectivity index (χ3n) is 2.74. The first-order valence-electron chi connectivity index (χ1n) is 5.49. The number of hydrogen-bond acceptors (Lipinski definition) is 3. The average molecular weight is 286 g/mol. The third-order valence-corrected chi connectivity index (χ3v) is 3.59. The van der Waals surface area contributed by atoms with Crippen molar-refractivity contribution in [1.82, 2.24) is 0 Å². The smallest absolute Gasteiger partial charge is 0.135 e. The molecule has 1 aromatic rings. The van der Waals surface area contributed by atoms with Gasteiger partial charge in [0.25, 0.3) is 0 Å². The molecule has 0 spiro atoms. The summed E-state index contributed by atoms with van der Waals surface area (Å²) in [5, 5.41) is 0. The number of benzene rings is 1. The molecule has 1 fully saturated rings. The lowest BCUT2D eigenvalue weighted by molar-refractivity contribution is 0.0263. The molecule has 1 aromatic carbocycles. The van der Waals surface area contributed by atoms with Crippen LogP contribution in [0.25, 0.3) is 0 Å². The summed E-state index contributed by atoms with van der Waals surface area (Å²) in [4.78, 5) is 0. The van der Waals surface area contributed by atoms with E-state index in [1.807, 2.05) is 18.2 Å². The van der Waals surface area contributed by atoms with Crippen LogP contribution in [0.3, 0.4) is 0 Å². The summed E-state index contributed by atoms with van der Waals surface area (Å²) in [5.74, 6) is 0.781. The minimum Gasteiger partial charge on any atom is -0.490 e. The zero-order valence-electron chi connectivity index (χ0n) is 9.28. The van der Waals surface area contributed by atoms with Gasteiger partial charge in [0.15, 0.2) is 0 Å². The summed E-state index contributed by atoms with van der Waals surface area (Å²) in [6.45, 7) is 2.68. The Kier molecular flexibility index (Phi) is 3.71. The summed E-state index contributed by atoms with van der Waals surface area (Å²) < 4.78 is 12.2. The molecule has 1 heterocycles. The molecular formula is C12H16BrNO2. The van der Waals surface area contributed by atoms with Gasteiger partial charge >= 0.3 is 0 Å². The van der Waals surface area contributed by atoms with E-state index in [4.69, 9.17) is 15.2 Å².